The molecule has 0 aliphatic rings. The molecule has 29 heavy (non-hydrogen) atoms. The Morgan fingerprint density at radius 2 is 1.69 bits per heavy atom. The highest BCUT2D eigenvalue weighted by Gasteiger charge is 2.11. The molecule has 0 saturated heterocycles. The van der Waals surface area contributed by atoms with Crippen LogP contribution < -0.4 is 14.8 Å². The maximum absolute atomic E-state index is 12.2. The Morgan fingerprint density at radius 1 is 1.10 bits per heavy atom. The lowest BCUT2D eigenvalue weighted by atomic mass is 10.2. The fraction of sp³-hybridized carbons (Fsp3) is 0.316. The Kier molecular flexibility index (Phi) is 7.91. The van der Waals surface area contributed by atoms with Crippen molar-refractivity contribution in [2.45, 2.75) is 24.6 Å². The average Bonchev–Trinajstić information content (AvgIpc) is 2.70. The summed E-state index contributed by atoms with van der Waals surface area (Å²) in [6.45, 7) is -1.88. The normalized spacial score (nSPS) is 12.1. The highest BCUT2D eigenvalue weighted by atomic mass is 32.2. The summed E-state index contributed by atoms with van der Waals surface area (Å²) in [7, 11) is 1.41. The van der Waals surface area contributed by atoms with Crippen LogP contribution in [-0.2, 0) is 23.1 Å². The largest absolute Gasteiger partial charge is 0.435 e. The van der Waals surface area contributed by atoms with E-state index in [9.17, 15) is 17.2 Å². The van der Waals surface area contributed by atoms with Gasteiger partial charge in [-0.15, -0.1) is 0 Å². The lowest BCUT2D eigenvalue weighted by molar-refractivity contribution is -0.0498. The fourth-order valence-corrected chi connectivity index (χ4v) is 3.33. The molecular formula is C19H24F2N4O3S. The van der Waals surface area contributed by atoms with Crippen molar-refractivity contribution in [3.05, 3.63) is 59.7 Å². The number of hydrogen-bond acceptors (Lipinski definition) is 4. The smallest absolute Gasteiger partial charge is 0.387 e. The summed E-state index contributed by atoms with van der Waals surface area (Å²) in [6.07, 6.45) is 0. The van der Waals surface area contributed by atoms with E-state index >= 15 is 0 Å². The first-order chi connectivity index (χ1) is 13.7. The highest BCUT2D eigenvalue weighted by molar-refractivity contribution is 7.89. The van der Waals surface area contributed by atoms with Crippen molar-refractivity contribution >= 4 is 16.0 Å². The van der Waals surface area contributed by atoms with Crippen LogP contribution in [0.1, 0.15) is 11.1 Å². The third kappa shape index (κ3) is 6.68. The monoisotopic (exact) mass is 426 g/mol. The molecule has 0 aliphatic heterocycles. The van der Waals surface area contributed by atoms with E-state index < -0.39 is 16.6 Å². The van der Waals surface area contributed by atoms with E-state index in [0.29, 0.717) is 19.0 Å². The molecule has 0 bridgehead atoms. The third-order valence-corrected chi connectivity index (χ3v) is 5.52. The van der Waals surface area contributed by atoms with Gasteiger partial charge in [0.05, 0.1) is 4.90 Å². The first kappa shape index (κ1) is 22.6. The van der Waals surface area contributed by atoms with Crippen molar-refractivity contribution in [2.24, 2.45) is 4.99 Å². The van der Waals surface area contributed by atoms with E-state index in [0.717, 1.165) is 11.1 Å². The average molecular weight is 426 g/mol. The van der Waals surface area contributed by atoms with Crippen molar-refractivity contribution in [3.8, 4) is 5.75 Å². The molecule has 10 heteroatoms. The molecule has 2 rings (SSSR count). The number of sulfonamides is 1. The molecule has 0 aliphatic carbocycles. The Labute approximate surface area is 169 Å². The van der Waals surface area contributed by atoms with Crippen LogP contribution in [0.3, 0.4) is 0 Å². The van der Waals surface area contributed by atoms with Gasteiger partial charge in [0.25, 0.3) is 0 Å². The number of nitrogens with one attached hydrogen (secondary N) is 2. The van der Waals surface area contributed by atoms with Crippen LogP contribution in [-0.4, -0.2) is 47.0 Å². The first-order valence-electron chi connectivity index (χ1n) is 8.73. The number of aliphatic imine (C=N–C) groups is 1. The molecule has 158 valence electrons. The lowest BCUT2D eigenvalue weighted by Crippen LogP contribution is -2.38. The number of rotatable bonds is 8. The van der Waals surface area contributed by atoms with Gasteiger partial charge in [-0.3, -0.25) is 4.99 Å². The van der Waals surface area contributed by atoms with Crippen molar-refractivity contribution in [2.75, 3.05) is 21.1 Å². The van der Waals surface area contributed by atoms with Crippen molar-refractivity contribution in [1.29, 1.82) is 0 Å². The number of guanidine groups is 1. The molecule has 2 N–H and O–H groups in total. The number of hydrogen-bond donors (Lipinski definition) is 2. The van der Waals surface area contributed by atoms with Crippen LogP contribution in [0.5, 0.6) is 5.75 Å². The second-order valence-electron chi connectivity index (χ2n) is 6.13. The minimum atomic E-state index is -3.46. The van der Waals surface area contributed by atoms with Gasteiger partial charge in [-0.25, -0.2) is 13.1 Å². The summed E-state index contributed by atoms with van der Waals surface area (Å²) < 4.78 is 54.6. The van der Waals surface area contributed by atoms with Gasteiger partial charge in [-0.05, 0) is 42.4 Å². The SMILES string of the molecule is CN=C(NCc1ccc(S(=O)(=O)NC)cc1)N(C)Cc1ccc(OC(F)F)cc1. The molecule has 2 aromatic carbocycles. The Hall–Kier alpha value is -2.72. The molecule has 0 saturated carbocycles. The number of halogens is 2. The summed E-state index contributed by atoms with van der Waals surface area (Å²) in [5, 5.41) is 3.20. The van der Waals surface area contributed by atoms with E-state index in [2.05, 4.69) is 19.8 Å². The molecular weight excluding hydrogens is 402 g/mol. The standard InChI is InChI=1S/C19H24F2N4O3S/c1-22-19(24-12-14-6-10-17(11-7-14)29(26,27)23-2)25(3)13-15-4-8-16(9-5-15)28-18(20)21/h4-11,18,23H,12-13H2,1-3H3,(H,22,24). The molecule has 0 heterocycles. The van der Waals surface area contributed by atoms with E-state index in [1.807, 2.05) is 11.9 Å². The molecule has 0 radical (unpaired) electrons. The predicted octanol–water partition coefficient (Wildman–Crippen LogP) is 2.40. The van der Waals surface area contributed by atoms with Crippen molar-refractivity contribution in [1.82, 2.24) is 14.9 Å². The summed E-state index contributed by atoms with van der Waals surface area (Å²) >= 11 is 0. The maximum Gasteiger partial charge on any atom is 0.387 e. The highest BCUT2D eigenvalue weighted by Crippen LogP contribution is 2.16. The maximum atomic E-state index is 12.2. The molecule has 7 nitrogen and oxygen atoms in total. The third-order valence-electron chi connectivity index (χ3n) is 4.09. The predicted molar refractivity (Wildman–Crippen MR) is 107 cm³/mol. The number of nitrogens with zero attached hydrogens (tertiary/aromatic N) is 2. The zero-order valence-electron chi connectivity index (χ0n) is 16.4. The summed E-state index contributed by atoms with van der Waals surface area (Å²) in [6, 6.07) is 12.9. The number of benzene rings is 2. The van der Waals surface area contributed by atoms with Gasteiger partial charge < -0.3 is 15.0 Å². The van der Waals surface area contributed by atoms with Gasteiger partial charge >= 0.3 is 6.61 Å². The minimum absolute atomic E-state index is 0.109. The van der Waals surface area contributed by atoms with Crippen LogP contribution in [0, 0.1) is 0 Å². The number of ether oxygens (including phenoxy) is 1. The second-order valence-corrected chi connectivity index (χ2v) is 8.02. The van der Waals surface area contributed by atoms with E-state index in [1.165, 1.54) is 19.2 Å². The number of alkyl halides is 2. The van der Waals surface area contributed by atoms with Crippen molar-refractivity contribution < 1.29 is 21.9 Å². The first-order valence-corrected chi connectivity index (χ1v) is 10.2. The van der Waals surface area contributed by atoms with E-state index in [4.69, 9.17) is 0 Å². The second kappa shape index (κ2) is 10.2. The van der Waals surface area contributed by atoms with Crippen LogP contribution in [0.4, 0.5) is 8.78 Å². The Morgan fingerprint density at radius 3 is 2.21 bits per heavy atom. The quantitative estimate of drug-likeness (QED) is 0.500. The summed E-state index contributed by atoms with van der Waals surface area (Å²) in [4.78, 5) is 6.30. The van der Waals surface area contributed by atoms with Crippen molar-refractivity contribution in [3.63, 3.8) is 0 Å². The molecule has 2 aromatic rings. The van der Waals surface area contributed by atoms with Gasteiger partial charge in [-0.1, -0.05) is 24.3 Å². The molecule has 0 spiro atoms. The zero-order valence-corrected chi connectivity index (χ0v) is 17.2. The van der Waals surface area contributed by atoms with Crippen LogP contribution in [0.25, 0.3) is 0 Å². The lowest BCUT2D eigenvalue weighted by Gasteiger charge is -2.22. The Balaban J connectivity index is 1.94. The van der Waals surface area contributed by atoms with Gasteiger partial charge in [0, 0.05) is 27.2 Å². The topological polar surface area (TPSA) is 83.0 Å². The van der Waals surface area contributed by atoms with Crippen LogP contribution in [0.15, 0.2) is 58.4 Å². The minimum Gasteiger partial charge on any atom is -0.435 e. The molecule has 0 fully saturated rings. The van der Waals surface area contributed by atoms with Crippen LogP contribution >= 0.6 is 0 Å². The van der Waals surface area contributed by atoms with Gasteiger partial charge in [0.15, 0.2) is 5.96 Å². The molecule has 0 atom stereocenters. The summed E-state index contributed by atoms with van der Waals surface area (Å²) in [5.74, 6) is 0.738. The Bertz CT molecular complexity index is 917. The van der Waals surface area contributed by atoms with E-state index in [-0.39, 0.29) is 10.6 Å². The molecule has 0 unspecified atom stereocenters. The zero-order chi connectivity index (χ0) is 21.4. The van der Waals surface area contributed by atoms with Gasteiger partial charge in [0.1, 0.15) is 5.75 Å². The van der Waals surface area contributed by atoms with Crippen LogP contribution in [0.2, 0.25) is 0 Å². The summed E-state index contributed by atoms with van der Waals surface area (Å²) in [5.41, 5.74) is 1.79. The molecule has 0 amide bonds. The molecule has 0 aromatic heterocycles. The van der Waals surface area contributed by atoms with Gasteiger partial charge in [-0.2, -0.15) is 8.78 Å². The fourth-order valence-electron chi connectivity index (χ4n) is 2.60. The van der Waals surface area contributed by atoms with E-state index in [1.54, 1.807) is 43.4 Å². The van der Waals surface area contributed by atoms with Gasteiger partial charge in [0.2, 0.25) is 10.0 Å².